The van der Waals surface area contributed by atoms with Crippen molar-refractivity contribution in [2.75, 3.05) is 6.61 Å². The lowest BCUT2D eigenvalue weighted by Crippen LogP contribution is -2.12. The molecule has 1 atom stereocenters. The Morgan fingerprint density at radius 3 is 2.92 bits per heavy atom. The highest BCUT2D eigenvalue weighted by atomic mass is 19.1. The summed E-state index contributed by atoms with van der Waals surface area (Å²) < 4.78 is 13.1. The van der Waals surface area contributed by atoms with Gasteiger partial charge in [-0.05, 0) is 12.5 Å². The lowest BCUT2D eigenvalue weighted by molar-refractivity contribution is 0.0877. The highest BCUT2D eigenvalue weighted by Crippen LogP contribution is 2.22. The molecular weight excluding hydrogens is 157 g/mol. The van der Waals surface area contributed by atoms with E-state index in [1.165, 1.54) is 6.07 Å². The topological polar surface area (TPSA) is 21.3 Å². The molecule has 1 heterocycles. The fraction of sp³-hybridized carbons (Fsp3) is 0.333. The van der Waals surface area contributed by atoms with Crippen LogP contribution in [0.15, 0.2) is 24.3 Å². The Bertz CT molecular complexity index is 271. The predicted molar refractivity (Wildman–Crippen MR) is 42.8 cm³/mol. The number of hydrogen-bond acceptors (Lipinski definition) is 2. The molecule has 12 heavy (non-hydrogen) atoms. The molecule has 0 saturated carbocycles. The Morgan fingerprint density at radius 2 is 2.25 bits per heavy atom. The van der Waals surface area contributed by atoms with Crippen LogP contribution in [-0.2, 0) is 4.84 Å². The molecule has 1 aromatic carbocycles. The molecule has 0 amide bonds. The van der Waals surface area contributed by atoms with Crippen molar-refractivity contribution in [2.45, 2.75) is 12.5 Å². The van der Waals surface area contributed by atoms with E-state index in [0.29, 0.717) is 12.2 Å². The first kappa shape index (κ1) is 7.71. The second-order valence-electron chi connectivity index (χ2n) is 2.83. The molecule has 1 fully saturated rings. The Balaban J connectivity index is 2.26. The third-order valence-corrected chi connectivity index (χ3v) is 2.01. The van der Waals surface area contributed by atoms with Crippen molar-refractivity contribution in [1.29, 1.82) is 0 Å². The second-order valence-corrected chi connectivity index (χ2v) is 2.83. The summed E-state index contributed by atoms with van der Waals surface area (Å²) in [6, 6.07) is 6.79. The molecule has 0 spiro atoms. The smallest absolute Gasteiger partial charge is 0.128 e. The van der Waals surface area contributed by atoms with Crippen LogP contribution in [0.5, 0.6) is 0 Å². The van der Waals surface area contributed by atoms with E-state index >= 15 is 0 Å². The summed E-state index contributed by atoms with van der Waals surface area (Å²) in [7, 11) is 0. The molecular formula is C9H10FNO. The van der Waals surface area contributed by atoms with Gasteiger partial charge in [0.25, 0.3) is 0 Å². The van der Waals surface area contributed by atoms with Crippen LogP contribution in [0.25, 0.3) is 0 Å². The maximum Gasteiger partial charge on any atom is 0.128 e. The first-order chi connectivity index (χ1) is 5.88. The number of benzene rings is 1. The van der Waals surface area contributed by atoms with Crippen molar-refractivity contribution in [3.63, 3.8) is 0 Å². The van der Waals surface area contributed by atoms with E-state index in [-0.39, 0.29) is 11.9 Å². The van der Waals surface area contributed by atoms with Gasteiger partial charge >= 0.3 is 0 Å². The van der Waals surface area contributed by atoms with Crippen LogP contribution >= 0.6 is 0 Å². The van der Waals surface area contributed by atoms with Gasteiger partial charge in [0, 0.05) is 5.56 Å². The SMILES string of the molecule is Fc1ccccc1C1CCON1. The van der Waals surface area contributed by atoms with Gasteiger partial charge < -0.3 is 4.84 Å². The quantitative estimate of drug-likeness (QED) is 0.688. The van der Waals surface area contributed by atoms with Crippen molar-refractivity contribution in [3.8, 4) is 0 Å². The van der Waals surface area contributed by atoms with E-state index < -0.39 is 0 Å². The zero-order chi connectivity index (χ0) is 8.39. The highest BCUT2D eigenvalue weighted by molar-refractivity contribution is 5.21. The summed E-state index contributed by atoms with van der Waals surface area (Å²) in [6.45, 7) is 0.652. The fourth-order valence-electron chi connectivity index (χ4n) is 1.37. The van der Waals surface area contributed by atoms with Gasteiger partial charge in [-0.25, -0.2) is 4.39 Å². The van der Waals surface area contributed by atoms with Gasteiger partial charge in [0.05, 0.1) is 12.6 Å². The van der Waals surface area contributed by atoms with Gasteiger partial charge in [-0.15, -0.1) is 0 Å². The summed E-state index contributed by atoms with van der Waals surface area (Å²) >= 11 is 0. The molecule has 1 aliphatic heterocycles. The largest absolute Gasteiger partial charge is 0.301 e. The molecule has 1 N–H and O–H groups in total. The van der Waals surface area contributed by atoms with Gasteiger partial charge in [-0.3, -0.25) is 0 Å². The lowest BCUT2D eigenvalue weighted by Gasteiger charge is -2.08. The molecule has 64 valence electrons. The Morgan fingerprint density at radius 1 is 1.42 bits per heavy atom. The van der Waals surface area contributed by atoms with E-state index in [1.54, 1.807) is 12.1 Å². The summed E-state index contributed by atoms with van der Waals surface area (Å²) in [5.41, 5.74) is 3.46. The number of hydroxylamine groups is 1. The normalized spacial score (nSPS) is 22.9. The average Bonchev–Trinajstić information content (AvgIpc) is 2.57. The van der Waals surface area contributed by atoms with Gasteiger partial charge in [0.15, 0.2) is 0 Å². The van der Waals surface area contributed by atoms with Crippen LogP contribution in [0, 0.1) is 5.82 Å². The third-order valence-electron chi connectivity index (χ3n) is 2.01. The highest BCUT2D eigenvalue weighted by Gasteiger charge is 2.19. The summed E-state index contributed by atoms with van der Waals surface area (Å²) in [4.78, 5) is 4.95. The third kappa shape index (κ3) is 1.33. The minimum Gasteiger partial charge on any atom is -0.301 e. The Kier molecular flexibility index (Phi) is 2.06. The maximum atomic E-state index is 13.1. The summed E-state index contributed by atoms with van der Waals surface area (Å²) in [5, 5.41) is 0. The molecule has 0 aliphatic carbocycles. The Hall–Kier alpha value is -0.930. The molecule has 0 bridgehead atoms. The van der Waals surface area contributed by atoms with E-state index in [0.717, 1.165) is 6.42 Å². The van der Waals surface area contributed by atoms with Gasteiger partial charge in [-0.2, -0.15) is 5.48 Å². The number of hydrogen-bond donors (Lipinski definition) is 1. The molecule has 1 aliphatic rings. The van der Waals surface area contributed by atoms with Gasteiger partial charge in [-0.1, -0.05) is 18.2 Å². The van der Waals surface area contributed by atoms with Crippen LogP contribution in [0.4, 0.5) is 4.39 Å². The monoisotopic (exact) mass is 167 g/mol. The molecule has 3 heteroatoms. The molecule has 1 saturated heterocycles. The number of rotatable bonds is 1. The average molecular weight is 167 g/mol. The summed E-state index contributed by atoms with van der Waals surface area (Å²) in [5.74, 6) is -0.166. The molecule has 2 nitrogen and oxygen atoms in total. The molecule has 1 aromatic rings. The fourth-order valence-corrected chi connectivity index (χ4v) is 1.37. The zero-order valence-electron chi connectivity index (χ0n) is 6.59. The molecule has 0 aromatic heterocycles. The summed E-state index contributed by atoms with van der Waals surface area (Å²) in [6.07, 6.45) is 0.834. The van der Waals surface area contributed by atoms with Crippen molar-refractivity contribution >= 4 is 0 Å². The minimum atomic E-state index is -0.166. The standard InChI is InChI=1S/C9H10FNO/c10-8-4-2-1-3-7(8)9-5-6-12-11-9/h1-4,9,11H,5-6H2. The first-order valence-corrected chi connectivity index (χ1v) is 3.99. The Labute approximate surface area is 70.3 Å². The van der Waals surface area contributed by atoms with Gasteiger partial charge in [0.1, 0.15) is 5.82 Å². The van der Waals surface area contributed by atoms with Crippen molar-refractivity contribution in [3.05, 3.63) is 35.6 Å². The van der Waals surface area contributed by atoms with Crippen LogP contribution < -0.4 is 5.48 Å². The minimum absolute atomic E-state index is 0.0196. The van der Waals surface area contributed by atoms with E-state index in [2.05, 4.69) is 5.48 Å². The number of nitrogens with one attached hydrogen (secondary N) is 1. The van der Waals surface area contributed by atoms with Crippen LogP contribution in [0.2, 0.25) is 0 Å². The van der Waals surface area contributed by atoms with E-state index in [4.69, 9.17) is 4.84 Å². The molecule has 0 radical (unpaired) electrons. The predicted octanol–water partition coefficient (Wildman–Crippen LogP) is 1.79. The van der Waals surface area contributed by atoms with Crippen molar-refractivity contribution in [1.82, 2.24) is 5.48 Å². The van der Waals surface area contributed by atoms with Crippen molar-refractivity contribution < 1.29 is 9.23 Å². The first-order valence-electron chi connectivity index (χ1n) is 3.99. The van der Waals surface area contributed by atoms with E-state index in [1.807, 2.05) is 6.07 Å². The zero-order valence-corrected chi connectivity index (χ0v) is 6.59. The van der Waals surface area contributed by atoms with Crippen LogP contribution in [0.1, 0.15) is 18.0 Å². The van der Waals surface area contributed by atoms with Gasteiger partial charge in [0.2, 0.25) is 0 Å². The van der Waals surface area contributed by atoms with Crippen LogP contribution in [-0.4, -0.2) is 6.61 Å². The lowest BCUT2D eigenvalue weighted by atomic mass is 10.1. The van der Waals surface area contributed by atoms with Crippen molar-refractivity contribution in [2.24, 2.45) is 0 Å². The maximum absolute atomic E-state index is 13.1. The molecule has 2 rings (SSSR count). The second kappa shape index (κ2) is 3.21. The number of halogens is 1. The van der Waals surface area contributed by atoms with E-state index in [9.17, 15) is 4.39 Å². The molecule has 1 unspecified atom stereocenters. The van der Waals surface area contributed by atoms with Crippen LogP contribution in [0.3, 0.4) is 0 Å².